The van der Waals surface area contributed by atoms with E-state index in [1.54, 1.807) is 0 Å². The predicted octanol–water partition coefficient (Wildman–Crippen LogP) is 3.35. The van der Waals surface area contributed by atoms with Gasteiger partial charge in [0.15, 0.2) is 0 Å². The number of benzene rings is 1. The van der Waals surface area contributed by atoms with Gasteiger partial charge in [-0.05, 0) is 69.0 Å². The molecule has 3 rings (SSSR count). The summed E-state index contributed by atoms with van der Waals surface area (Å²) < 4.78 is 0. The first kappa shape index (κ1) is 16.3. The smallest absolute Gasteiger partial charge is 0.238 e. The molecule has 4 heteroatoms. The lowest BCUT2D eigenvalue weighted by atomic mass is 9.99. The first-order valence-electron chi connectivity index (χ1n) is 9.08. The minimum Gasteiger partial charge on any atom is -0.372 e. The molecule has 1 aromatic rings. The Morgan fingerprint density at radius 2 is 1.70 bits per heavy atom. The number of anilines is 2. The van der Waals surface area contributed by atoms with Crippen molar-refractivity contribution in [1.82, 2.24) is 4.90 Å². The molecule has 4 nitrogen and oxygen atoms in total. The molecule has 1 amide bonds. The highest BCUT2D eigenvalue weighted by Crippen LogP contribution is 2.24. The van der Waals surface area contributed by atoms with Gasteiger partial charge in [0.2, 0.25) is 5.91 Å². The largest absolute Gasteiger partial charge is 0.372 e. The van der Waals surface area contributed by atoms with E-state index < -0.39 is 0 Å². The second kappa shape index (κ2) is 7.82. The van der Waals surface area contributed by atoms with Gasteiger partial charge in [-0.3, -0.25) is 9.69 Å². The van der Waals surface area contributed by atoms with Crippen LogP contribution in [-0.4, -0.2) is 43.5 Å². The minimum absolute atomic E-state index is 0.103. The van der Waals surface area contributed by atoms with E-state index in [1.807, 2.05) is 12.1 Å². The molecule has 0 spiro atoms. The summed E-state index contributed by atoms with van der Waals surface area (Å²) in [4.78, 5) is 16.8. The van der Waals surface area contributed by atoms with Gasteiger partial charge in [-0.25, -0.2) is 0 Å². The van der Waals surface area contributed by atoms with Gasteiger partial charge in [-0.15, -0.1) is 0 Å². The van der Waals surface area contributed by atoms with Crippen LogP contribution in [0, 0.1) is 5.92 Å². The zero-order chi connectivity index (χ0) is 16.1. The molecule has 1 aromatic carbocycles. The Morgan fingerprint density at radius 1 is 1.04 bits per heavy atom. The van der Waals surface area contributed by atoms with Gasteiger partial charge in [0.05, 0.1) is 6.54 Å². The first-order chi connectivity index (χ1) is 11.2. The molecule has 2 fully saturated rings. The molecule has 0 atom stereocenters. The second-order valence-electron chi connectivity index (χ2n) is 7.10. The molecule has 0 aliphatic carbocycles. The number of amides is 1. The minimum atomic E-state index is 0.103. The van der Waals surface area contributed by atoms with Gasteiger partial charge >= 0.3 is 0 Å². The van der Waals surface area contributed by atoms with E-state index in [1.165, 1.54) is 37.8 Å². The van der Waals surface area contributed by atoms with Crippen LogP contribution in [0.25, 0.3) is 0 Å². The highest BCUT2D eigenvalue weighted by molar-refractivity contribution is 5.92. The average molecular weight is 315 g/mol. The Labute approximate surface area is 139 Å². The summed E-state index contributed by atoms with van der Waals surface area (Å²) in [5.74, 6) is 0.950. The third kappa shape index (κ3) is 4.71. The number of hydrogen-bond donors (Lipinski definition) is 1. The first-order valence-corrected chi connectivity index (χ1v) is 9.08. The Balaban J connectivity index is 1.49. The van der Waals surface area contributed by atoms with Crippen molar-refractivity contribution in [2.45, 2.75) is 39.0 Å². The summed E-state index contributed by atoms with van der Waals surface area (Å²) >= 11 is 0. The summed E-state index contributed by atoms with van der Waals surface area (Å²) in [6.45, 7) is 7.24. The van der Waals surface area contributed by atoms with Gasteiger partial charge in [-0.1, -0.05) is 13.3 Å². The standard InChI is InChI=1S/C19H29N3O/c1-16-9-13-22(14-10-16)18-7-5-17(6-8-18)20-19(23)15-21-11-3-2-4-12-21/h5-8,16H,2-4,9-15H2,1H3,(H,20,23). The van der Waals surface area contributed by atoms with E-state index in [4.69, 9.17) is 0 Å². The molecule has 126 valence electrons. The normalized spacial score (nSPS) is 20.5. The van der Waals surface area contributed by atoms with Crippen LogP contribution in [-0.2, 0) is 4.79 Å². The molecule has 2 heterocycles. The van der Waals surface area contributed by atoms with Gasteiger partial charge in [0.1, 0.15) is 0 Å². The number of hydrogen-bond acceptors (Lipinski definition) is 3. The third-order valence-electron chi connectivity index (χ3n) is 5.12. The van der Waals surface area contributed by atoms with Crippen molar-refractivity contribution in [1.29, 1.82) is 0 Å². The topological polar surface area (TPSA) is 35.6 Å². The fraction of sp³-hybridized carbons (Fsp3) is 0.632. The number of nitrogens with one attached hydrogen (secondary N) is 1. The number of piperidine rings is 2. The third-order valence-corrected chi connectivity index (χ3v) is 5.12. The molecule has 2 saturated heterocycles. The highest BCUT2D eigenvalue weighted by Gasteiger charge is 2.16. The fourth-order valence-electron chi connectivity index (χ4n) is 3.54. The average Bonchev–Trinajstić information content (AvgIpc) is 2.57. The number of likely N-dealkylation sites (tertiary alicyclic amines) is 1. The van der Waals surface area contributed by atoms with Crippen LogP contribution in [0.2, 0.25) is 0 Å². The van der Waals surface area contributed by atoms with Crippen molar-refractivity contribution >= 4 is 17.3 Å². The SMILES string of the molecule is CC1CCN(c2ccc(NC(=O)CN3CCCCC3)cc2)CC1. The van der Waals surface area contributed by atoms with Crippen molar-refractivity contribution in [2.24, 2.45) is 5.92 Å². The quantitative estimate of drug-likeness (QED) is 0.925. The van der Waals surface area contributed by atoms with Gasteiger partial charge < -0.3 is 10.2 Å². The lowest BCUT2D eigenvalue weighted by molar-refractivity contribution is -0.117. The maximum atomic E-state index is 12.1. The molecule has 0 unspecified atom stereocenters. The van der Waals surface area contributed by atoms with E-state index in [0.717, 1.165) is 37.8 Å². The van der Waals surface area contributed by atoms with Crippen LogP contribution in [0.1, 0.15) is 39.0 Å². The van der Waals surface area contributed by atoms with Crippen LogP contribution in [0.5, 0.6) is 0 Å². The van der Waals surface area contributed by atoms with Crippen molar-refractivity contribution in [3.8, 4) is 0 Å². The number of carbonyl (C=O) groups excluding carboxylic acids is 1. The van der Waals surface area contributed by atoms with Crippen molar-refractivity contribution in [2.75, 3.05) is 42.9 Å². The van der Waals surface area contributed by atoms with Crippen LogP contribution < -0.4 is 10.2 Å². The van der Waals surface area contributed by atoms with E-state index in [0.29, 0.717) is 6.54 Å². The Hall–Kier alpha value is -1.55. The predicted molar refractivity (Wildman–Crippen MR) is 96.0 cm³/mol. The molecular weight excluding hydrogens is 286 g/mol. The fourth-order valence-corrected chi connectivity index (χ4v) is 3.54. The molecule has 2 aliphatic rings. The molecule has 0 saturated carbocycles. The molecule has 2 aliphatic heterocycles. The van der Waals surface area contributed by atoms with Gasteiger partial charge in [0.25, 0.3) is 0 Å². The maximum absolute atomic E-state index is 12.1. The van der Waals surface area contributed by atoms with Crippen LogP contribution >= 0.6 is 0 Å². The van der Waals surface area contributed by atoms with Gasteiger partial charge in [0, 0.05) is 24.5 Å². The number of rotatable bonds is 4. The summed E-state index contributed by atoms with van der Waals surface area (Å²) in [6, 6.07) is 8.32. The van der Waals surface area contributed by atoms with Crippen LogP contribution in [0.3, 0.4) is 0 Å². The van der Waals surface area contributed by atoms with E-state index in [9.17, 15) is 4.79 Å². The highest BCUT2D eigenvalue weighted by atomic mass is 16.2. The monoisotopic (exact) mass is 315 g/mol. The van der Waals surface area contributed by atoms with Crippen LogP contribution in [0.4, 0.5) is 11.4 Å². The Bertz CT molecular complexity index is 500. The Kier molecular flexibility index (Phi) is 5.55. The molecule has 0 aromatic heterocycles. The summed E-state index contributed by atoms with van der Waals surface area (Å²) in [5, 5.41) is 3.03. The van der Waals surface area contributed by atoms with E-state index in [-0.39, 0.29) is 5.91 Å². The second-order valence-corrected chi connectivity index (χ2v) is 7.10. The van der Waals surface area contributed by atoms with Crippen molar-refractivity contribution in [3.63, 3.8) is 0 Å². The molecule has 1 N–H and O–H groups in total. The maximum Gasteiger partial charge on any atom is 0.238 e. The summed E-state index contributed by atoms with van der Waals surface area (Å²) in [6.07, 6.45) is 6.28. The van der Waals surface area contributed by atoms with Gasteiger partial charge in [-0.2, -0.15) is 0 Å². The zero-order valence-electron chi connectivity index (χ0n) is 14.3. The van der Waals surface area contributed by atoms with Crippen molar-refractivity contribution in [3.05, 3.63) is 24.3 Å². The Morgan fingerprint density at radius 3 is 2.35 bits per heavy atom. The summed E-state index contributed by atoms with van der Waals surface area (Å²) in [5.41, 5.74) is 2.17. The number of nitrogens with zero attached hydrogens (tertiary/aromatic N) is 2. The lowest BCUT2D eigenvalue weighted by Crippen LogP contribution is -2.36. The summed E-state index contributed by atoms with van der Waals surface area (Å²) in [7, 11) is 0. The molecule has 0 bridgehead atoms. The molecular formula is C19H29N3O. The van der Waals surface area contributed by atoms with Crippen LogP contribution in [0.15, 0.2) is 24.3 Å². The van der Waals surface area contributed by atoms with E-state index >= 15 is 0 Å². The van der Waals surface area contributed by atoms with Crippen molar-refractivity contribution < 1.29 is 4.79 Å². The molecule has 0 radical (unpaired) electrons. The number of carbonyl (C=O) groups is 1. The zero-order valence-corrected chi connectivity index (χ0v) is 14.3. The lowest BCUT2D eigenvalue weighted by Gasteiger charge is -2.32. The van der Waals surface area contributed by atoms with E-state index in [2.05, 4.69) is 34.2 Å². The molecule has 23 heavy (non-hydrogen) atoms.